The third-order valence-corrected chi connectivity index (χ3v) is 3.68. The average Bonchev–Trinajstić information content (AvgIpc) is 2.34. The summed E-state index contributed by atoms with van der Waals surface area (Å²) in [4.78, 5) is 11.0. The van der Waals surface area contributed by atoms with Gasteiger partial charge in [0.2, 0.25) is 0 Å². The number of hydrogen-bond donors (Lipinski definition) is 2. The Hall–Kier alpha value is -0.610. The van der Waals surface area contributed by atoms with Gasteiger partial charge in [0.15, 0.2) is 0 Å². The quantitative estimate of drug-likeness (QED) is 0.548. The van der Waals surface area contributed by atoms with Crippen molar-refractivity contribution in [2.75, 3.05) is 20.3 Å². The van der Waals surface area contributed by atoms with Crippen LogP contribution in [-0.4, -0.2) is 36.9 Å². The van der Waals surface area contributed by atoms with Gasteiger partial charge >= 0.3 is 5.97 Å². The Labute approximate surface area is 104 Å². The topological polar surface area (TPSA) is 58.6 Å². The van der Waals surface area contributed by atoms with E-state index < -0.39 is 0 Å². The Morgan fingerprint density at radius 2 is 2.35 bits per heavy atom. The van der Waals surface area contributed by atoms with E-state index in [4.69, 9.17) is 0 Å². The molecule has 0 radical (unpaired) electrons. The van der Waals surface area contributed by atoms with Gasteiger partial charge in [-0.3, -0.25) is 4.79 Å². The number of nitrogens with one attached hydrogen (secondary N) is 1. The van der Waals surface area contributed by atoms with E-state index in [9.17, 15) is 9.90 Å². The Balaban J connectivity index is 2.29. The number of hydrogen-bond acceptors (Lipinski definition) is 4. The minimum absolute atomic E-state index is 0.117. The molecule has 0 aliphatic heterocycles. The number of carbonyl (C=O) groups excluding carboxylic acids is 1. The summed E-state index contributed by atoms with van der Waals surface area (Å²) in [6.07, 6.45) is 5.70. The summed E-state index contributed by atoms with van der Waals surface area (Å²) in [5.74, 6) is 0.505. The molecular weight excluding hydrogens is 218 g/mol. The summed E-state index contributed by atoms with van der Waals surface area (Å²) >= 11 is 0. The predicted molar refractivity (Wildman–Crippen MR) is 66.7 cm³/mol. The Morgan fingerprint density at radius 3 is 2.94 bits per heavy atom. The van der Waals surface area contributed by atoms with Crippen molar-refractivity contribution in [1.29, 1.82) is 0 Å². The highest BCUT2D eigenvalue weighted by Gasteiger charge is 2.33. The summed E-state index contributed by atoms with van der Waals surface area (Å²) in [5.41, 5.74) is -0.117. The van der Waals surface area contributed by atoms with Crippen molar-refractivity contribution in [3.63, 3.8) is 0 Å². The number of methoxy groups -OCH3 is 1. The normalized spacial score (nSPS) is 29.0. The number of aliphatic hydroxyl groups excluding tert-OH is 1. The molecule has 0 aromatic heterocycles. The highest BCUT2D eigenvalue weighted by atomic mass is 16.5. The second kappa shape index (κ2) is 6.97. The molecule has 0 bridgehead atoms. The minimum atomic E-state index is -0.165. The zero-order chi connectivity index (χ0) is 12.7. The van der Waals surface area contributed by atoms with Gasteiger partial charge in [0.05, 0.1) is 13.7 Å². The van der Waals surface area contributed by atoms with E-state index in [-0.39, 0.29) is 18.1 Å². The third kappa shape index (κ3) is 4.64. The van der Waals surface area contributed by atoms with Crippen molar-refractivity contribution in [2.24, 2.45) is 5.92 Å². The van der Waals surface area contributed by atoms with Crippen molar-refractivity contribution in [3.05, 3.63) is 0 Å². The van der Waals surface area contributed by atoms with Crippen LogP contribution in [0.15, 0.2) is 0 Å². The highest BCUT2D eigenvalue weighted by Crippen LogP contribution is 2.31. The van der Waals surface area contributed by atoms with Gasteiger partial charge in [-0.2, -0.15) is 0 Å². The smallest absolute Gasteiger partial charge is 0.305 e. The van der Waals surface area contributed by atoms with Gasteiger partial charge in [0.1, 0.15) is 0 Å². The summed E-state index contributed by atoms with van der Waals surface area (Å²) < 4.78 is 4.59. The maximum absolute atomic E-state index is 11.0. The van der Waals surface area contributed by atoms with E-state index in [1.54, 1.807) is 0 Å². The second-order valence-corrected chi connectivity index (χ2v) is 5.25. The number of aliphatic hydroxyl groups is 1. The van der Waals surface area contributed by atoms with Crippen molar-refractivity contribution in [3.8, 4) is 0 Å². The Bertz CT molecular complexity index is 245. The van der Waals surface area contributed by atoms with Gasteiger partial charge in [0.25, 0.3) is 0 Å². The fourth-order valence-corrected chi connectivity index (χ4v) is 2.71. The Morgan fingerprint density at radius 1 is 1.59 bits per heavy atom. The van der Waals surface area contributed by atoms with Crippen LogP contribution in [-0.2, 0) is 9.53 Å². The Kier molecular flexibility index (Phi) is 5.92. The molecule has 2 unspecified atom stereocenters. The molecule has 0 saturated heterocycles. The minimum Gasteiger partial charge on any atom is -0.469 e. The molecule has 4 nitrogen and oxygen atoms in total. The van der Waals surface area contributed by atoms with E-state index in [2.05, 4.69) is 17.0 Å². The molecule has 0 aromatic rings. The predicted octanol–water partition coefficient (Wildman–Crippen LogP) is 1.47. The van der Waals surface area contributed by atoms with Crippen LogP contribution in [0, 0.1) is 5.92 Å². The molecule has 2 atom stereocenters. The summed E-state index contributed by atoms with van der Waals surface area (Å²) in [7, 11) is 1.41. The number of carbonyl (C=O) groups is 1. The maximum atomic E-state index is 11.0. The monoisotopic (exact) mass is 243 g/mol. The molecule has 100 valence electrons. The molecule has 1 fully saturated rings. The van der Waals surface area contributed by atoms with E-state index in [1.807, 2.05) is 0 Å². The van der Waals surface area contributed by atoms with Gasteiger partial charge < -0.3 is 15.2 Å². The lowest BCUT2D eigenvalue weighted by Crippen LogP contribution is -2.51. The second-order valence-electron chi connectivity index (χ2n) is 5.25. The average molecular weight is 243 g/mol. The fourth-order valence-electron chi connectivity index (χ4n) is 2.71. The van der Waals surface area contributed by atoms with Crippen LogP contribution in [0.4, 0.5) is 0 Å². The van der Waals surface area contributed by atoms with Gasteiger partial charge in [-0.25, -0.2) is 0 Å². The van der Waals surface area contributed by atoms with Gasteiger partial charge in [0, 0.05) is 12.0 Å². The zero-order valence-electron chi connectivity index (χ0n) is 11.0. The van der Waals surface area contributed by atoms with Gasteiger partial charge in [-0.05, 0) is 31.7 Å². The zero-order valence-corrected chi connectivity index (χ0v) is 11.0. The molecule has 0 heterocycles. The number of esters is 1. The first kappa shape index (κ1) is 14.5. The van der Waals surface area contributed by atoms with Crippen LogP contribution >= 0.6 is 0 Å². The van der Waals surface area contributed by atoms with Crippen LogP contribution in [0.3, 0.4) is 0 Å². The summed E-state index contributed by atoms with van der Waals surface area (Å²) in [6.45, 7) is 3.19. The maximum Gasteiger partial charge on any atom is 0.305 e. The van der Waals surface area contributed by atoms with Crippen LogP contribution in [0.1, 0.15) is 45.4 Å². The number of rotatable bonds is 6. The first-order chi connectivity index (χ1) is 8.12. The molecule has 0 spiro atoms. The first-order valence-electron chi connectivity index (χ1n) is 6.54. The van der Waals surface area contributed by atoms with E-state index in [1.165, 1.54) is 20.0 Å². The lowest BCUT2D eigenvalue weighted by atomic mass is 9.77. The van der Waals surface area contributed by atoms with E-state index in [0.717, 1.165) is 25.8 Å². The molecule has 4 heteroatoms. The molecule has 1 saturated carbocycles. The third-order valence-electron chi connectivity index (χ3n) is 3.68. The fraction of sp³-hybridized carbons (Fsp3) is 0.923. The van der Waals surface area contributed by atoms with Gasteiger partial charge in [-0.15, -0.1) is 0 Å². The number of ether oxygens (including phenoxy) is 1. The van der Waals surface area contributed by atoms with Crippen LogP contribution in [0.25, 0.3) is 0 Å². The molecule has 17 heavy (non-hydrogen) atoms. The first-order valence-corrected chi connectivity index (χ1v) is 6.54. The van der Waals surface area contributed by atoms with Crippen molar-refractivity contribution in [1.82, 2.24) is 5.32 Å². The molecule has 1 rings (SSSR count). The molecule has 1 aliphatic rings. The van der Waals surface area contributed by atoms with E-state index in [0.29, 0.717) is 12.3 Å². The van der Waals surface area contributed by atoms with Crippen LogP contribution in [0.2, 0.25) is 0 Å². The summed E-state index contributed by atoms with van der Waals surface area (Å²) in [6, 6.07) is 0. The van der Waals surface area contributed by atoms with Crippen LogP contribution in [0.5, 0.6) is 0 Å². The lowest BCUT2D eigenvalue weighted by molar-refractivity contribution is -0.140. The van der Waals surface area contributed by atoms with E-state index >= 15 is 0 Å². The largest absolute Gasteiger partial charge is 0.469 e. The summed E-state index contributed by atoms with van der Waals surface area (Å²) in [5, 5.41) is 13.0. The van der Waals surface area contributed by atoms with Crippen molar-refractivity contribution in [2.45, 2.75) is 51.0 Å². The molecule has 1 aliphatic carbocycles. The van der Waals surface area contributed by atoms with Crippen molar-refractivity contribution >= 4 is 5.97 Å². The standard InChI is InChI=1S/C13H25NO3/c1-11-5-3-7-13(9-11,10-15)14-8-4-6-12(16)17-2/h11,14-15H,3-10H2,1-2H3. The van der Waals surface area contributed by atoms with Gasteiger partial charge in [-0.1, -0.05) is 19.8 Å². The molecule has 0 amide bonds. The highest BCUT2D eigenvalue weighted by molar-refractivity contribution is 5.69. The molecular formula is C13H25NO3. The lowest BCUT2D eigenvalue weighted by Gasteiger charge is -2.39. The molecule has 2 N–H and O–H groups in total. The molecule has 0 aromatic carbocycles. The van der Waals surface area contributed by atoms with Crippen LogP contribution < -0.4 is 5.32 Å². The SMILES string of the molecule is COC(=O)CCCNC1(CO)CCCC(C)C1. The van der Waals surface area contributed by atoms with Crippen molar-refractivity contribution < 1.29 is 14.6 Å².